The molecule has 1 N–H and O–H groups in total. The van der Waals surface area contributed by atoms with Crippen LogP contribution in [0.5, 0.6) is 0 Å². The van der Waals surface area contributed by atoms with Gasteiger partial charge in [-0.1, -0.05) is 13.8 Å². The highest BCUT2D eigenvalue weighted by Gasteiger charge is 2.11. The first-order chi connectivity index (χ1) is 8.58. The van der Waals surface area contributed by atoms with E-state index < -0.39 is 0 Å². The zero-order valence-corrected chi connectivity index (χ0v) is 11.1. The van der Waals surface area contributed by atoms with Gasteiger partial charge in [0.05, 0.1) is 11.0 Å². The highest BCUT2D eigenvalue weighted by Crippen LogP contribution is 2.19. The zero-order valence-electron chi connectivity index (χ0n) is 11.1. The number of hydrogen-bond acceptors (Lipinski definition) is 5. The SMILES string of the molecule is CCN(CC)CCNc1cc([N+](=O)[O-])c(C)cn1. The van der Waals surface area contributed by atoms with Crippen LogP contribution in [-0.4, -0.2) is 41.0 Å². The number of nitrogens with zero attached hydrogens (tertiary/aromatic N) is 3. The molecule has 6 nitrogen and oxygen atoms in total. The van der Waals surface area contributed by atoms with Gasteiger partial charge in [0.1, 0.15) is 5.82 Å². The summed E-state index contributed by atoms with van der Waals surface area (Å²) in [6, 6.07) is 1.48. The minimum absolute atomic E-state index is 0.107. The van der Waals surface area contributed by atoms with E-state index >= 15 is 0 Å². The molecule has 0 fully saturated rings. The highest BCUT2D eigenvalue weighted by molar-refractivity contribution is 5.48. The van der Waals surface area contributed by atoms with Gasteiger partial charge >= 0.3 is 0 Å². The lowest BCUT2D eigenvalue weighted by Gasteiger charge is -2.18. The van der Waals surface area contributed by atoms with Crippen molar-refractivity contribution < 1.29 is 4.92 Å². The fraction of sp³-hybridized carbons (Fsp3) is 0.583. The number of likely N-dealkylation sites (N-methyl/N-ethyl adjacent to an activating group) is 1. The zero-order chi connectivity index (χ0) is 13.5. The lowest BCUT2D eigenvalue weighted by Crippen LogP contribution is -2.28. The molecule has 0 aromatic carbocycles. The molecule has 0 spiro atoms. The summed E-state index contributed by atoms with van der Waals surface area (Å²) < 4.78 is 0. The van der Waals surface area contributed by atoms with Crippen molar-refractivity contribution >= 4 is 11.5 Å². The number of nitro groups is 1. The Balaban J connectivity index is 2.58. The molecule has 0 unspecified atom stereocenters. The van der Waals surface area contributed by atoms with Crippen LogP contribution in [0, 0.1) is 17.0 Å². The third-order valence-corrected chi connectivity index (χ3v) is 2.90. The van der Waals surface area contributed by atoms with E-state index in [1.807, 2.05) is 0 Å². The van der Waals surface area contributed by atoms with Crippen LogP contribution in [0.25, 0.3) is 0 Å². The molecule has 0 aliphatic rings. The number of rotatable bonds is 7. The lowest BCUT2D eigenvalue weighted by molar-refractivity contribution is -0.385. The summed E-state index contributed by atoms with van der Waals surface area (Å²) in [7, 11) is 0. The van der Waals surface area contributed by atoms with Crippen LogP contribution in [0.15, 0.2) is 12.3 Å². The van der Waals surface area contributed by atoms with Gasteiger partial charge in [-0.25, -0.2) is 4.98 Å². The molecule has 0 amide bonds. The first-order valence-corrected chi connectivity index (χ1v) is 6.15. The molecule has 0 bridgehead atoms. The number of aryl methyl sites for hydroxylation is 1. The van der Waals surface area contributed by atoms with Crippen LogP contribution >= 0.6 is 0 Å². The van der Waals surface area contributed by atoms with Gasteiger partial charge < -0.3 is 10.2 Å². The molecule has 1 aromatic rings. The molecule has 1 aromatic heterocycles. The van der Waals surface area contributed by atoms with E-state index in [4.69, 9.17) is 0 Å². The maximum atomic E-state index is 10.8. The van der Waals surface area contributed by atoms with Crippen molar-refractivity contribution in [2.24, 2.45) is 0 Å². The van der Waals surface area contributed by atoms with Crippen molar-refractivity contribution in [2.75, 3.05) is 31.5 Å². The van der Waals surface area contributed by atoms with Crippen molar-refractivity contribution in [3.63, 3.8) is 0 Å². The number of anilines is 1. The Morgan fingerprint density at radius 2 is 2.11 bits per heavy atom. The van der Waals surface area contributed by atoms with Crippen LogP contribution in [-0.2, 0) is 0 Å². The summed E-state index contributed by atoms with van der Waals surface area (Å²) in [6.07, 6.45) is 1.53. The first-order valence-electron chi connectivity index (χ1n) is 6.15. The average molecular weight is 252 g/mol. The Hall–Kier alpha value is -1.69. The van der Waals surface area contributed by atoms with Gasteiger partial charge in [0, 0.05) is 24.8 Å². The van der Waals surface area contributed by atoms with E-state index in [-0.39, 0.29) is 10.6 Å². The van der Waals surface area contributed by atoms with Crippen LogP contribution in [0.2, 0.25) is 0 Å². The first kappa shape index (κ1) is 14.4. The third-order valence-electron chi connectivity index (χ3n) is 2.90. The molecule has 0 atom stereocenters. The summed E-state index contributed by atoms with van der Waals surface area (Å²) >= 11 is 0. The largest absolute Gasteiger partial charge is 0.369 e. The van der Waals surface area contributed by atoms with Crippen LogP contribution < -0.4 is 5.32 Å². The fourth-order valence-corrected chi connectivity index (χ4v) is 1.69. The number of nitrogens with one attached hydrogen (secondary N) is 1. The second kappa shape index (κ2) is 6.90. The predicted molar refractivity (Wildman–Crippen MR) is 71.9 cm³/mol. The van der Waals surface area contributed by atoms with Crippen molar-refractivity contribution in [3.05, 3.63) is 27.9 Å². The van der Waals surface area contributed by atoms with Gasteiger partial charge in [-0.15, -0.1) is 0 Å². The lowest BCUT2D eigenvalue weighted by atomic mass is 10.2. The van der Waals surface area contributed by atoms with Crippen LogP contribution in [0.1, 0.15) is 19.4 Å². The Labute approximate surface area is 107 Å². The smallest absolute Gasteiger partial charge is 0.277 e. The van der Waals surface area contributed by atoms with Crippen LogP contribution in [0.4, 0.5) is 11.5 Å². The fourth-order valence-electron chi connectivity index (χ4n) is 1.69. The van der Waals surface area contributed by atoms with Gasteiger partial charge in [-0.3, -0.25) is 10.1 Å². The molecular formula is C12H20N4O2. The van der Waals surface area contributed by atoms with E-state index in [0.717, 1.165) is 26.2 Å². The van der Waals surface area contributed by atoms with E-state index in [2.05, 4.69) is 29.0 Å². The quantitative estimate of drug-likeness (QED) is 0.594. The molecule has 0 saturated heterocycles. The molecule has 0 saturated carbocycles. The van der Waals surface area contributed by atoms with Gasteiger partial charge in [-0.05, 0) is 20.0 Å². The molecule has 1 rings (SSSR count). The maximum absolute atomic E-state index is 10.8. The minimum Gasteiger partial charge on any atom is -0.369 e. The summed E-state index contributed by atoms with van der Waals surface area (Å²) in [5.41, 5.74) is 0.685. The van der Waals surface area contributed by atoms with E-state index in [0.29, 0.717) is 11.4 Å². The summed E-state index contributed by atoms with van der Waals surface area (Å²) in [6.45, 7) is 9.53. The Kier molecular flexibility index (Phi) is 5.51. The van der Waals surface area contributed by atoms with Crippen molar-refractivity contribution in [2.45, 2.75) is 20.8 Å². The topological polar surface area (TPSA) is 71.3 Å². The second-order valence-corrected chi connectivity index (χ2v) is 4.07. The molecule has 18 heavy (non-hydrogen) atoms. The molecule has 1 heterocycles. The van der Waals surface area contributed by atoms with Crippen molar-refractivity contribution in [1.82, 2.24) is 9.88 Å². The van der Waals surface area contributed by atoms with E-state index in [1.54, 1.807) is 6.92 Å². The minimum atomic E-state index is -0.382. The molecule has 0 aliphatic carbocycles. The number of pyridine rings is 1. The number of aromatic nitrogens is 1. The summed E-state index contributed by atoms with van der Waals surface area (Å²) in [5.74, 6) is 0.555. The monoisotopic (exact) mass is 252 g/mol. The van der Waals surface area contributed by atoms with Crippen molar-refractivity contribution in [1.29, 1.82) is 0 Å². The molecule has 0 radical (unpaired) electrons. The van der Waals surface area contributed by atoms with Gasteiger partial charge in [0.2, 0.25) is 0 Å². The maximum Gasteiger partial charge on any atom is 0.277 e. The second-order valence-electron chi connectivity index (χ2n) is 4.07. The highest BCUT2D eigenvalue weighted by atomic mass is 16.6. The van der Waals surface area contributed by atoms with Gasteiger partial charge in [0.15, 0.2) is 0 Å². The van der Waals surface area contributed by atoms with E-state index in [9.17, 15) is 10.1 Å². The average Bonchev–Trinajstić information content (AvgIpc) is 2.36. The normalized spacial score (nSPS) is 10.7. The third kappa shape index (κ3) is 3.96. The molecule has 6 heteroatoms. The summed E-state index contributed by atoms with van der Waals surface area (Å²) in [4.78, 5) is 16.8. The Morgan fingerprint density at radius 3 is 2.67 bits per heavy atom. The Bertz CT molecular complexity index is 405. The van der Waals surface area contributed by atoms with Gasteiger partial charge in [0.25, 0.3) is 5.69 Å². The number of hydrogen-bond donors (Lipinski definition) is 1. The predicted octanol–water partition coefficient (Wildman–Crippen LogP) is 2.05. The Morgan fingerprint density at radius 1 is 1.44 bits per heavy atom. The molecule has 100 valence electrons. The standard InChI is InChI=1S/C12H20N4O2/c1-4-15(5-2)7-6-13-12-8-11(16(17)18)10(3)9-14-12/h8-9H,4-7H2,1-3H3,(H,13,14). The van der Waals surface area contributed by atoms with Crippen molar-refractivity contribution in [3.8, 4) is 0 Å². The molecular weight excluding hydrogens is 232 g/mol. The van der Waals surface area contributed by atoms with E-state index in [1.165, 1.54) is 12.3 Å². The summed E-state index contributed by atoms with van der Waals surface area (Å²) in [5, 5.41) is 13.9. The van der Waals surface area contributed by atoms with Crippen LogP contribution in [0.3, 0.4) is 0 Å². The van der Waals surface area contributed by atoms with Gasteiger partial charge in [-0.2, -0.15) is 0 Å². The molecule has 0 aliphatic heterocycles.